The standard InChI is InChI=1S/C6H13Cl3SSi/c7-11(8,9)6-4-2-1-3-5-10/h10H,1-6H2. The number of halogens is 3. The van der Waals surface area contributed by atoms with Gasteiger partial charge in [0.05, 0.1) is 0 Å². The van der Waals surface area contributed by atoms with Crippen LogP contribution in [0.2, 0.25) is 6.04 Å². The molecule has 5 heteroatoms. The summed E-state index contributed by atoms with van der Waals surface area (Å²) in [6.45, 7) is 0. The van der Waals surface area contributed by atoms with Crippen LogP contribution in [0.1, 0.15) is 25.7 Å². The molecule has 0 saturated heterocycles. The van der Waals surface area contributed by atoms with Crippen molar-refractivity contribution in [3.05, 3.63) is 0 Å². The highest BCUT2D eigenvalue weighted by Gasteiger charge is 2.23. The van der Waals surface area contributed by atoms with Crippen molar-refractivity contribution in [3.63, 3.8) is 0 Å². The monoisotopic (exact) mass is 250 g/mol. The summed E-state index contributed by atoms with van der Waals surface area (Å²) in [7, 11) is 0. The minimum Gasteiger partial charge on any atom is -0.179 e. The maximum Gasteiger partial charge on any atom is 0.341 e. The summed E-state index contributed by atoms with van der Waals surface area (Å²) in [4.78, 5) is 0. The maximum atomic E-state index is 5.70. The molecule has 0 rings (SSSR count). The first-order valence-electron chi connectivity index (χ1n) is 3.74. The second-order valence-corrected chi connectivity index (χ2v) is 12.2. The van der Waals surface area contributed by atoms with Crippen molar-refractivity contribution >= 4 is 51.9 Å². The molecule has 0 aromatic rings. The lowest BCUT2D eigenvalue weighted by atomic mass is 10.2. The number of hydrogen-bond donors (Lipinski definition) is 1. The van der Waals surface area contributed by atoms with Gasteiger partial charge in [0.1, 0.15) is 0 Å². The second-order valence-electron chi connectivity index (χ2n) is 2.50. The van der Waals surface area contributed by atoms with Crippen LogP contribution in [0.5, 0.6) is 0 Å². The lowest BCUT2D eigenvalue weighted by molar-refractivity contribution is 0.705. The smallest absolute Gasteiger partial charge is 0.179 e. The lowest BCUT2D eigenvalue weighted by Gasteiger charge is -2.05. The van der Waals surface area contributed by atoms with Crippen LogP contribution in [0, 0.1) is 0 Å². The zero-order valence-electron chi connectivity index (χ0n) is 6.32. The summed E-state index contributed by atoms with van der Waals surface area (Å²) in [5, 5.41) is 0. The molecule has 0 unspecified atom stereocenters. The first kappa shape index (κ1) is 12.4. The Morgan fingerprint density at radius 3 is 1.91 bits per heavy atom. The average Bonchev–Trinajstić information content (AvgIpc) is 1.85. The molecule has 0 aliphatic heterocycles. The minimum absolute atomic E-state index is 0.796. The Bertz CT molecular complexity index is 94.3. The quantitative estimate of drug-likeness (QED) is 0.312. The van der Waals surface area contributed by atoms with E-state index in [0.717, 1.165) is 18.2 Å². The molecule has 11 heavy (non-hydrogen) atoms. The Balaban J connectivity index is 3.02. The number of unbranched alkanes of at least 4 members (excludes halogenated alkanes) is 3. The van der Waals surface area contributed by atoms with E-state index in [0.29, 0.717) is 0 Å². The van der Waals surface area contributed by atoms with Crippen molar-refractivity contribution in [2.24, 2.45) is 0 Å². The van der Waals surface area contributed by atoms with Gasteiger partial charge in [-0.3, -0.25) is 0 Å². The molecule has 0 saturated carbocycles. The predicted octanol–water partition coefficient (Wildman–Crippen LogP) is 4.13. The van der Waals surface area contributed by atoms with Crippen molar-refractivity contribution in [1.29, 1.82) is 0 Å². The van der Waals surface area contributed by atoms with Gasteiger partial charge in [0.15, 0.2) is 0 Å². The van der Waals surface area contributed by atoms with E-state index in [1.165, 1.54) is 19.3 Å². The van der Waals surface area contributed by atoms with Gasteiger partial charge in [0.25, 0.3) is 0 Å². The second kappa shape index (κ2) is 6.90. The van der Waals surface area contributed by atoms with Gasteiger partial charge in [-0.15, -0.1) is 33.2 Å². The fourth-order valence-corrected chi connectivity index (χ4v) is 2.87. The molecule has 0 aliphatic carbocycles. The third-order valence-electron chi connectivity index (χ3n) is 1.37. The molecule has 0 aromatic carbocycles. The highest BCUT2D eigenvalue weighted by Crippen LogP contribution is 2.27. The van der Waals surface area contributed by atoms with Gasteiger partial charge in [0, 0.05) is 0 Å². The van der Waals surface area contributed by atoms with Crippen LogP contribution < -0.4 is 0 Å². The average molecular weight is 252 g/mol. The van der Waals surface area contributed by atoms with E-state index in [1.54, 1.807) is 0 Å². The van der Waals surface area contributed by atoms with E-state index >= 15 is 0 Å². The zero-order chi connectivity index (χ0) is 8.74. The molecule has 0 heterocycles. The van der Waals surface area contributed by atoms with Gasteiger partial charge >= 0.3 is 6.00 Å². The van der Waals surface area contributed by atoms with Gasteiger partial charge in [-0.25, -0.2) is 0 Å². The Kier molecular flexibility index (Phi) is 7.80. The number of thiol groups is 1. The molecule has 0 spiro atoms. The summed E-state index contributed by atoms with van der Waals surface area (Å²) in [6, 6.07) is -1.52. The summed E-state index contributed by atoms with van der Waals surface area (Å²) < 4.78 is 0. The first-order valence-corrected chi connectivity index (χ1v) is 9.61. The SMILES string of the molecule is SCCCCCC[Si](Cl)(Cl)Cl. The van der Waals surface area contributed by atoms with Crippen LogP contribution >= 0.6 is 45.9 Å². The largest absolute Gasteiger partial charge is 0.341 e. The van der Waals surface area contributed by atoms with Crippen LogP contribution in [0.4, 0.5) is 0 Å². The Morgan fingerprint density at radius 2 is 1.45 bits per heavy atom. The van der Waals surface area contributed by atoms with Gasteiger partial charge in [-0.2, -0.15) is 12.6 Å². The highest BCUT2D eigenvalue weighted by molar-refractivity contribution is 7.80. The topological polar surface area (TPSA) is 0 Å². The molecule has 0 N–H and O–H groups in total. The first-order chi connectivity index (χ1) is 5.06. The van der Waals surface area contributed by atoms with Gasteiger partial charge < -0.3 is 0 Å². The highest BCUT2D eigenvalue weighted by atomic mass is 35.8. The Morgan fingerprint density at radius 1 is 0.909 bits per heavy atom. The predicted molar refractivity (Wildman–Crippen MR) is 60.4 cm³/mol. The van der Waals surface area contributed by atoms with E-state index < -0.39 is 6.00 Å². The van der Waals surface area contributed by atoms with E-state index in [-0.39, 0.29) is 0 Å². The summed E-state index contributed by atoms with van der Waals surface area (Å²) in [6.07, 6.45) is 4.60. The Hall–Kier alpha value is 1.44. The van der Waals surface area contributed by atoms with Crippen molar-refractivity contribution in [1.82, 2.24) is 0 Å². The van der Waals surface area contributed by atoms with Crippen molar-refractivity contribution in [2.45, 2.75) is 31.7 Å². The summed E-state index contributed by atoms with van der Waals surface area (Å²) >= 11 is 21.2. The molecular formula is C6H13Cl3SSi. The third-order valence-corrected chi connectivity index (χ3v) is 4.31. The molecular weight excluding hydrogens is 239 g/mol. The summed E-state index contributed by atoms with van der Waals surface area (Å²) in [5.41, 5.74) is 0. The molecule has 68 valence electrons. The molecule has 0 fully saturated rings. The molecule has 0 aromatic heterocycles. The van der Waals surface area contributed by atoms with Crippen molar-refractivity contribution in [2.75, 3.05) is 5.75 Å². The summed E-state index contributed by atoms with van der Waals surface area (Å²) in [5.74, 6) is 0.963. The van der Waals surface area contributed by atoms with Gasteiger partial charge in [-0.05, 0) is 18.2 Å². The molecule has 0 atom stereocenters. The van der Waals surface area contributed by atoms with Crippen molar-refractivity contribution < 1.29 is 0 Å². The fourth-order valence-electron chi connectivity index (χ4n) is 0.791. The van der Waals surface area contributed by atoms with Gasteiger partial charge in [0.2, 0.25) is 0 Å². The van der Waals surface area contributed by atoms with Gasteiger partial charge in [-0.1, -0.05) is 19.3 Å². The minimum atomic E-state index is -2.32. The van der Waals surface area contributed by atoms with Crippen LogP contribution in [0.25, 0.3) is 0 Å². The third kappa shape index (κ3) is 11.4. The molecule has 0 bridgehead atoms. The van der Waals surface area contributed by atoms with Crippen molar-refractivity contribution in [3.8, 4) is 0 Å². The lowest BCUT2D eigenvalue weighted by Crippen LogP contribution is -2.07. The Labute approximate surface area is 89.1 Å². The maximum absolute atomic E-state index is 5.70. The molecule has 0 radical (unpaired) electrons. The van der Waals surface area contributed by atoms with Crippen LogP contribution in [0.3, 0.4) is 0 Å². The fraction of sp³-hybridized carbons (Fsp3) is 1.00. The van der Waals surface area contributed by atoms with E-state index in [2.05, 4.69) is 12.6 Å². The van der Waals surface area contributed by atoms with Crippen LogP contribution in [0.15, 0.2) is 0 Å². The molecule has 0 amide bonds. The normalized spacial score (nSPS) is 12.0. The van der Waals surface area contributed by atoms with E-state index in [9.17, 15) is 0 Å². The molecule has 0 aliphatic rings. The van der Waals surface area contributed by atoms with E-state index in [4.69, 9.17) is 33.2 Å². The zero-order valence-corrected chi connectivity index (χ0v) is 10.5. The number of hydrogen-bond acceptors (Lipinski definition) is 1. The van der Waals surface area contributed by atoms with E-state index in [1.807, 2.05) is 0 Å². The molecule has 0 nitrogen and oxygen atoms in total. The number of rotatable bonds is 6. The van der Waals surface area contributed by atoms with Crippen LogP contribution in [-0.4, -0.2) is 11.8 Å². The van der Waals surface area contributed by atoms with Crippen LogP contribution in [-0.2, 0) is 0 Å².